The van der Waals surface area contributed by atoms with Crippen molar-refractivity contribution in [2.75, 3.05) is 37.7 Å². The van der Waals surface area contributed by atoms with Crippen molar-refractivity contribution in [3.05, 3.63) is 18.0 Å². The summed E-state index contributed by atoms with van der Waals surface area (Å²) in [6.07, 6.45) is 4.72. The summed E-state index contributed by atoms with van der Waals surface area (Å²) in [5.41, 5.74) is 1.11. The van der Waals surface area contributed by atoms with Crippen LogP contribution in [0.2, 0.25) is 0 Å². The van der Waals surface area contributed by atoms with Gasteiger partial charge in [0.15, 0.2) is 0 Å². The molecule has 3 aliphatic rings. The third-order valence-corrected chi connectivity index (χ3v) is 7.12. The molecule has 0 unspecified atom stereocenters. The standard InChI is InChI=1S/C19H30N4O2S/c1-3-26-12-18(24)20-10-15-16-11-22(8-9-23-7-5-14(2)21-23)13-19(16)6-4-17(15)25-19/h5,7,15-17H,3-4,6,8-13H2,1-2H3,(H,20,24)/t15-,16+,17+,19+/m0/s1. The van der Waals surface area contributed by atoms with Crippen LogP contribution in [0.15, 0.2) is 12.3 Å². The number of nitrogens with one attached hydrogen (secondary N) is 1. The van der Waals surface area contributed by atoms with Gasteiger partial charge in [0.1, 0.15) is 0 Å². The Labute approximate surface area is 160 Å². The number of aryl methyl sites for hydroxylation is 1. The minimum absolute atomic E-state index is 0.0399. The van der Waals surface area contributed by atoms with Crippen LogP contribution in [0, 0.1) is 18.8 Å². The Morgan fingerprint density at radius 1 is 1.50 bits per heavy atom. The lowest BCUT2D eigenvalue weighted by molar-refractivity contribution is -0.118. The molecule has 3 fully saturated rings. The van der Waals surface area contributed by atoms with Crippen molar-refractivity contribution in [3.63, 3.8) is 0 Å². The van der Waals surface area contributed by atoms with Gasteiger partial charge in [-0.25, -0.2) is 0 Å². The fourth-order valence-corrected chi connectivity index (χ4v) is 5.53. The number of carbonyl (C=O) groups excluding carboxylic acids is 1. The highest BCUT2D eigenvalue weighted by Gasteiger charge is 2.62. The first-order valence-corrected chi connectivity index (χ1v) is 11.0. The number of carbonyl (C=O) groups is 1. The molecule has 2 bridgehead atoms. The average Bonchev–Trinajstić information content (AvgIpc) is 3.36. The van der Waals surface area contributed by atoms with E-state index in [1.165, 1.54) is 6.42 Å². The number of rotatable bonds is 8. The Hall–Kier alpha value is -1.05. The summed E-state index contributed by atoms with van der Waals surface area (Å²) >= 11 is 1.68. The van der Waals surface area contributed by atoms with Gasteiger partial charge >= 0.3 is 0 Å². The molecule has 0 radical (unpaired) electrons. The summed E-state index contributed by atoms with van der Waals surface area (Å²) < 4.78 is 8.51. The second-order valence-electron chi connectivity index (χ2n) is 7.93. The monoisotopic (exact) mass is 378 g/mol. The van der Waals surface area contributed by atoms with Gasteiger partial charge in [0, 0.05) is 44.2 Å². The van der Waals surface area contributed by atoms with Gasteiger partial charge in [0.05, 0.1) is 29.7 Å². The van der Waals surface area contributed by atoms with E-state index in [1.807, 2.05) is 11.6 Å². The molecule has 1 aromatic rings. The molecule has 1 N–H and O–H groups in total. The van der Waals surface area contributed by atoms with E-state index in [2.05, 4.69) is 34.5 Å². The van der Waals surface area contributed by atoms with Crippen molar-refractivity contribution in [2.45, 2.75) is 44.9 Å². The molecule has 1 spiro atoms. The first kappa shape index (κ1) is 18.3. The predicted octanol–water partition coefficient (Wildman–Crippen LogP) is 1.54. The second-order valence-corrected chi connectivity index (χ2v) is 9.20. The zero-order valence-electron chi connectivity index (χ0n) is 15.8. The van der Waals surface area contributed by atoms with E-state index in [4.69, 9.17) is 4.74 Å². The molecule has 3 saturated heterocycles. The number of amides is 1. The molecule has 4 heterocycles. The molecular weight excluding hydrogens is 348 g/mol. The van der Waals surface area contributed by atoms with E-state index in [0.717, 1.165) is 50.6 Å². The molecule has 1 amide bonds. The second kappa shape index (κ2) is 7.52. The van der Waals surface area contributed by atoms with E-state index in [0.29, 0.717) is 23.7 Å². The smallest absolute Gasteiger partial charge is 0.230 e. The maximum absolute atomic E-state index is 12.0. The third kappa shape index (κ3) is 3.53. The van der Waals surface area contributed by atoms with Crippen molar-refractivity contribution >= 4 is 17.7 Å². The van der Waals surface area contributed by atoms with Crippen LogP contribution >= 0.6 is 11.8 Å². The van der Waals surface area contributed by atoms with Crippen LogP contribution in [0.3, 0.4) is 0 Å². The lowest BCUT2D eigenvalue weighted by Gasteiger charge is -2.29. The molecule has 144 valence electrons. The van der Waals surface area contributed by atoms with Crippen LogP contribution in [0.5, 0.6) is 0 Å². The van der Waals surface area contributed by atoms with E-state index < -0.39 is 0 Å². The molecule has 0 aromatic carbocycles. The van der Waals surface area contributed by atoms with Crippen LogP contribution in [0.25, 0.3) is 0 Å². The summed E-state index contributed by atoms with van der Waals surface area (Å²) in [7, 11) is 0. The van der Waals surface area contributed by atoms with Crippen LogP contribution in [-0.4, -0.2) is 70.0 Å². The first-order chi connectivity index (χ1) is 12.6. The number of hydrogen-bond donors (Lipinski definition) is 1. The van der Waals surface area contributed by atoms with Crippen molar-refractivity contribution in [1.29, 1.82) is 0 Å². The maximum atomic E-state index is 12.0. The van der Waals surface area contributed by atoms with Crippen LogP contribution in [-0.2, 0) is 16.1 Å². The molecule has 3 aliphatic heterocycles. The van der Waals surface area contributed by atoms with E-state index >= 15 is 0 Å². The summed E-state index contributed by atoms with van der Waals surface area (Å²) in [5.74, 6) is 2.74. The molecule has 4 atom stereocenters. The molecule has 4 rings (SSSR count). The van der Waals surface area contributed by atoms with Gasteiger partial charge in [-0.1, -0.05) is 6.92 Å². The number of ether oxygens (including phenoxy) is 1. The van der Waals surface area contributed by atoms with E-state index in [9.17, 15) is 4.79 Å². The number of fused-ring (bicyclic) bond motifs is 1. The summed E-state index contributed by atoms with van der Waals surface area (Å²) in [4.78, 5) is 14.5. The number of nitrogens with zero attached hydrogens (tertiary/aromatic N) is 3. The quantitative estimate of drug-likeness (QED) is 0.744. The Balaban J connectivity index is 1.32. The Morgan fingerprint density at radius 3 is 3.15 bits per heavy atom. The highest BCUT2D eigenvalue weighted by atomic mass is 32.2. The first-order valence-electron chi connectivity index (χ1n) is 9.84. The number of likely N-dealkylation sites (tertiary alicyclic amines) is 1. The fourth-order valence-electron chi connectivity index (χ4n) is 5.04. The third-order valence-electron chi connectivity index (χ3n) is 6.25. The Kier molecular flexibility index (Phi) is 5.30. The number of aromatic nitrogens is 2. The molecule has 0 aliphatic carbocycles. The van der Waals surface area contributed by atoms with Gasteiger partial charge in [-0.05, 0) is 31.6 Å². The average molecular weight is 379 g/mol. The lowest BCUT2D eigenvalue weighted by Crippen LogP contribution is -2.42. The molecule has 1 aromatic heterocycles. The molecule has 7 heteroatoms. The maximum Gasteiger partial charge on any atom is 0.230 e. The predicted molar refractivity (Wildman–Crippen MR) is 103 cm³/mol. The number of thioether (sulfide) groups is 1. The molecule has 26 heavy (non-hydrogen) atoms. The highest BCUT2D eigenvalue weighted by molar-refractivity contribution is 7.99. The van der Waals surface area contributed by atoms with Crippen LogP contribution in [0.4, 0.5) is 0 Å². The topological polar surface area (TPSA) is 59.4 Å². The number of hydrogen-bond acceptors (Lipinski definition) is 5. The SMILES string of the molecule is CCSCC(=O)NC[C@H]1[C@H]2CN(CCn3ccc(C)n3)C[C@]23CC[C@H]1O3. The lowest BCUT2D eigenvalue weighted by atomic mass is 9.73. The van der Waals surface area contributed by atoms with Crippen LogP contribution in [0.1, 0.15) is 25.5 Å². The van der Waals surface area contributed by atoms with Gasteiger partial charge in [0.25, 0.3) is 0 Å². The highest BCUT2D eigenvalue weighted by Crippen LogP contribution is 2.54. The van der Waals surface area contributed by atoms with Crippen molar-refractivity contribution in [3.8, 4) is 0 Å². The zero-order valence-corrected chi connectivity index (χ0v) is 16.6. The Morgan fingerprint density at radius 2 is 2.38 bits per heavy atom. The minimum atomic E-state index is 0.0399. The largest absolute Gasteiger partial charge is 0.370 e. The summed E-state index contributed by atoms with van der Waals surface area (Å²) in [6.45, 7) is 8.94. The summed E-state index contributed by atoms with van der Waals surface area (Å²) in [6, 6.07) is 2.05. The van der Waals surface area contributed by atoms with Gasteiger partial charge in [-0.3, -0.25) is 14.4 Å². The van der Waals surface area contributed by atoms with Gasteiger partial charge in [0.2, 0.25) is 5.91 Å². The normalized spacial score (nSPS) is 32.9. The van der Waals surface area contributed by atoms with Gasteiger partial charge < -0.3 is 10.1 Å². The van der Waals surface area contributed by atoms with Crippen molar-refractivity contribution in [1.82, 2.24) is 20.0 Å². The van der Waals surface area contributed by atoms with Crippen molar-refractivity contribution in [2.24, 2.45) is 11.8 Å². The van der Waals surface area contributed by atoms with Gasteiger partial charge in [-0.15, -0.1) is 0 Å². The van der Waals surface area contributed by atoms with Crippen molar-refractivity contribution < 1.29 is 9.53 Å². The minimum Gasteiger partial charge on any atom is -0.370 e. The van der Waals surface area contributed by atoms with Gasteiger partial charge in [-0.2, -0.15) is 16.9 Å². The zero-order chi connectivity index (χ0) is 18.1. The molecular formula is C19H30N4O2S. The molecule has 6 nitrogen and oxygen atoms in total. The van der Waals surface area contributed by atoms with Crippen LogP contribution < -0.4 is 5.32 Å². The van der Waals surface area contributed by atoms with E-state index in [1.54, 1.807) is 11.8 Å². The van der Waals surface area contributed by atoms with E-state index in [-0.39, 0.29) is 11.5 Å². The molecule has 0 saturated carbocycles. The summed E-state index contributed by atoms with van der Waals surface area (Å²) in [5, 5.41) is 7.64. The Bertz CT molecular complexity index is 651. The fraction of sp³-hybridized carbons (Fsp3) is 0.789.